The van der Waals surface area contributed by atoms with Crippen LogP contribution in [0.2, 0.25) is 0 Å². The number of aromatic nitrogens is 5. The number of fused-ring (bicyclic) bond motifs is 1. The summed E-state index contributed by atoms with van der Waals surface area (Å²) in [6, 6.07) is 2.36. The Hall–Kier alpha value is -3.48. The highest BCUT2D eigenvalue weighted by Gasteiger charge is 2.31. The largest absolute Gasteiger partial charge is 0.417 e. The monoisotopic (exact) mass is 465 g/mol. The van der Waals surface area contributed by atoms with Gasteiger partial charge in [0.15, 0.2) is 0 Å². The van der Waals surface area contributed by atoms with Crippen molar-refractivity contribution < 1.29 is 22.7 Å². The molecule has 0 atom stereocenters. The van der Waals surface area contributed by atoms with Gasteiger partial charge in [0.05, 0.1) is 55.0 Å². The number of pyridine rings is 1. The van der Waals surface area contributed by atoms with Crippen molar-refractivity contribution in [3.8, 4) is 0 Å². The fourth-order valence-electron chi connectivity index (χ4n) is 3.59. The molecule has 0 saturated carbocycles. The van der Waals surface area contributed by atoms with Crippen molar-refractivity contribution in [2.45, 2.75) is 19.1 Å². The summed E-state index contributed by atoms with van der Waals surface area (Å²) in [4.78, 5) is 31.5. The second-order valence-corrected chi connectivity index (χ2v) is 7.50. The van der Waals surface area contributed by atoms with Gasteiger partial charge in [0.2, 0.25) is 5.91 Å². The Labute approximate surface area is 186 Å². The van der Waals surface area contributed by atoms with E-state index in [1.54, 1.807) is 9.58 Å². The third kappa shape index (κ3) is 5.30. The first-order chi connectivity index (χ1) is 15.8. The molecule has 33 heavy (non-hydrogen) atoms. The van der Waals surface area contributed by atoms with Crippen LogP contribution < -0.4 is 10.5 Å². The van der Waals surface area contributed by atoms with Crippen molar-refractivity contribution >= 4 is 22.6 Å². The van der Waals surface area contributed by atoms with E-state index in [1.165, 1.54) is 18.5 Å². The first kappa shape index (κ1) is 22.7. The maximum absolute atomic E-state index is 12.7. The van der Waals surface area contributed by atoms with Crippen LogP contribution in [-0.4, -0.2) is 75.2 Å². The number of aromatic amines is 1. The molecule has 0 bridgehead atoms. The van der Waals surface area contributed by atoms with Gasteiger partial charge in [0.25, 0.3) is 5.56 Å². The Morgan fingerprint density at radius 2 is 1.88 bits per heavy atom. The summed E-state index contributed by atoms with van der Waals surface area (Å²) in [6.45, 7) is 2.89. The number of hydrogen-bond donors (Lipinski definition) is 1. The van der Waals surface area contributed by atoms with Crippen LogP contribution in [0.4, 0.5) is 19.0 Å². The van der Waals surface area contributed by atoms with Crippen molar-refractivity contribution in [3.63, 3.8) is 0 Å². The van der Waals surface area contributed by atoms with Crippen LogP contribution in [-0.2, 0) is 22.3 Å². The lowest BCUT2D eigenvalue weighted by Gasteiger charge is -2.35. The van der Waals surface area contributed by atoms with E-state index in [2.05, 4.69) is 20.3 Å². The number of nitrogens with one attached hydrogen (secondary N) is 1. The number of rotatable bonds is 7. The SMILES string of the molecule is O=C(CCOCCn1ncc2c(=O)[nH]ncc21)N1CCN(c2ccc(C(F)(F)F)cn2)CC1. The van der Waals surface area contributed by atoms with E-state index >= 15 is 0 Å². The molecule has 10 nitrogen and oxygen atoms in total. The molecule has 176 valence electrons. The molecular weight excluding hydrogens is 443 g/mol. The molecule has 1 N–H and O–H groups in total. The van der Waals surface area contributed by atoms with Crippen LogP contribution in [0.3, 0.4) is 0 Å². The zero-order valence-corrected chi connectivity index (χ0v) is 17.6. The maximum Gasteiger partial charge on any atom is 0.417 e. The highest BCUT2D eigenvalue weighted by molar-refractivity contribution is 5.77. The first-order valence-corrected chi connectivity index (χ1v) is 10.4. The van der Waals surface area contributed by atoms with Gasteiger partial charge in [0, 0.05) is 32.4 Å². The third-order valence-electron chi connectivity index (χ3n) is 5.42. The van der Waals surface area contributed by atoms with E-state index in [9.17, 15) is 22.8 Å². The highest BCUT2D eigenvalue weighted by Crippen LogP contribution is 2.29. The molecule has 4 rings (SSSR count). The second kappa shape index (κ2) is 9.57. The summed E-state index contributed by atoms with van der Waals surface area (Å²) in [7, 11) is 0. The van der Waals surface area contributed by atoms with E-state index in [-0.39, 0.29) is 24.5 Å². The Kier molecular flexibility index (Phi) is 6.58. The molecule has 1 aliphatic heterocycles. The number of piperazine rings is 1. The van der Waals surface area contributed by atoms with Gasteiger partial charge in [-0.2, -0.15) is 23.4 Å². The molecule has 0 aromatic carbocycles. The third-order valence-corrected chi connectivity index (χ3v) is 5.42. The fraction of sp³-hybridized carbons (Fsp3) is 0.450. The molecule has 0 aliphatic carbocycles. The molecule has 1 amide bonds. The lowest BCUT2D eigenvalue weighted by atomic mass is 10.2. The summed E-state index contributed by atoms with van der Waals surface area (Å²) in [5, 5.41) is 10.7. The van der Waals surface area contributed by atoms with E-state index in [4.69, 9.17) is 4.74 Å². The molecule has 0 unspecified atom stereocenters. The predicted octanol–water partition coefficient (Wildman–Crippen LogP) is 1.29. The number of ether oxygens (including phenoxy) is 1. The standard InChI is InChI=1S/C20H22F3N7O3/c21-20(22,23)14-1-2-17(24-11-14)28-4-6-29(7-5-28)18(31)3-9-33-10-8-30-16-13-25-27-19(32)15(16)12-26-30/h1-2,11-13H,3-10H2,(H,27,32). The van der Waals surface area contributed by atoms with E-state index in [1.807, 2.05) is 4.90 Å². The summed E-state index contributed by atoms with van der Waals surface area (Å²) in [5.74, 6) is 0.414. The molecule has 13 heteroatoms. The van der Waals surface area contributed by atoms with Crippen LogP contribution in [0, 0.1) is 0 Å². The normalized spacial score (nSPS) is 14.8. The van der Waals surface area contributed by atoms with Gasteiger partial charge in [0.1, 0.15) is 5.82 Å². The van der Waals surface area contributed by atoms with Gasteiger partial charge in [-0.1, -0.05) is 0 Å². The van der Waals surface area contributed by atoms with Gasteiger partial charge in [-0.05, 0) is 12.1 Å². The van der Waals surface area contributed by atoms with Gasteiger partial charge >= 0.3 is 6.18 Å². The Morgan fingerprint density at radius 3 is 2.58 bits per heavy atom. The average molecular weight is 465 g/mol. The molecule has 1 fully saturated rings. The molecule has 3 aromatic heterocycles. The quantitative estimate of drug-likeness (QED) is 0.524. The molecule has 0 radical (unpaired) electrons. The van der Waals surface area contributed by atoms with E-state index < -0.39 is 11.7 Å². The summed E-state index contributed by atoms with van der Waals surface area (Å²) in [5.41, 5.74) is -0.482. The van der Waals surface area contributed by atoms with Crippen LogP contribution in [0.1, 0.15) is 12.0 Å². The number of hydrogen-bond acceptors (Lipinski definition) is 7. The second-order valence-electron chi connectivity index (χ2n) is 7.50. The van der Waals surface area contributed by atoms with Crippen molar-refractivity contribution in [2.75, 3.05) is 44.3 Å². The Balaban J connectivity index is 1.17. The first-order valence-electron chi connectivity index (χ1n) is 10.4. The Morgan fingerprint density at radius 1 is 1.09 bits per heavy atom. The molecule has 1 aliphatic rings. The number of nitrogens with zero attached hydrogens (tertiary/aromatic N) is 6. The number of carbonyl (C=O) groups excluding carboxylic acids is 1. The number of amides is 1. The minimum atomic E-state index is -4.42. The number of H-pyrrole nitrogens is 1. The van der Waals surface area contributed by atoms with Gasteiger partial charge in [-0.3, -0.25) is 14.3 Å². The van der Waals surface area contributed by atoms with Crippen molar-refractivity contribution in [2.24, 2.45) is 0 Å². The number of halogens is 3. The molecular formula is C20H22F3N7O3. The van der Waals surface area contributed by atoms with Gasteiger partial charge in [-0.25, -0.2) is 10.1 Å². The van der Waals surface area contributed by atoms with Crippen LogP contribution >= 0.6 is 0 Å². The van der Waals surface area contributed by atoms with Gasteiger partial charge in [-0.15, -0.1) is 0 Å². The summed E-state index contributed by atoms with van der Waals surface area (Å²) in [6.07, 6.45) is -0.377. The van der Waals surface area contributed by atoms with Crippen LogP contribution in [0.25, 0.3) is 10.9 Å². The minimum absolute atomic E-state index is 0.0460. The lowest BCUT2D eigenvalue weighted by molar-refractivity contribution is -0.138. The minimum Gasteiger partial charge on any atom is -0.379 e. The number of anilines is 1. The molecule has 1 saturated heterocycles. The number of alkyl halides is 3. The number of carbonyl (C=O) groups is 1. The van der Waals surface area contributed by atoms with Crippen molar-refractivity contribution in [1.82, 2.24) is 29.9 Å². The summed E-state index contributed by atoms with van der Waals surface area (Å²) < 4.78 is 45.2. The molecule has 4 heterocycles. The van der Waals surface area contributed by atoms with Crippen LogP contribution in [0.15, 0.2) is 35.5 Å². The van der Waals surface area contributed by atoms with Crippen molar-refractivity contribution in [1.29, 1.82) is 0 Å². The lowest BCUT2D eigenvalue weighted by Crippen LogP contribution is -2.49. The smallest absolute Gasteiger partial charge is 0.379 e. The maximum atomic E-state index is 12.7. The van der Waals surface area contributed by atoms with E-state index in [0.717, 1.165) is 12.3 Å². The zero-order valence-electron chi connectivity index (χ0n) is 17.6. The topological polar surface area (TPSA) is 109 Å². The van der Waals surface area contributed by atoms with Crippen LogP contribution in [0.5, 0.6) is 0 Å². The predicted molar refractivity (Wildman–Crippen MR) is 112 cm³/mol. The molecule has 0 spiro atoms. The highest BCUT2D eigenvalue weighted by atomic mass is 19.4. The summed E-state index contributed by atoms with van der Waals surface area (Å²) >= 11 is 0. The average Bonchev–Trinajstić information content (AvgIpc) is 3.23. The van der Waals surface area contributed by atoms with Crippen molar-refractivity contribution in [3.05, 3.63) is 46.6 Å². The Bertz CT molecular complexity index is 1150. The van der Waals surface area contributed by atoms with E-state index in [0.29, 0.717) is 56.1 Å². The zero-order chi connectivity index (χ0) is 23.4. The fourth-order valence-corrected chi connectivity index (χ4v) is 3.59. The van der Waals surface area contributed by atoms with Gasteiger partial charge < -0.3 is 14.5 Å². The molecule has 3 aromatic rings.